The lowest BCUT2D eigenvalue weighted by atomic mass is 9.71. The van der Waals surface area contributed by atoms with Crippen molar-refractivity contribution < 1.29 is 19.1 Å². The molecular weight excluding hydrogens is 318 g/mol. The molecule has 5 nitrogen and oxygen atoms in total. The van der Waals surface area contributed by atoms with Crippen LogP contribution in [0.5, 0.6) is 5.75 Å². The number of ether oxygens (including phenoxy) is 2. The van der Waals surface area contributed by atoms with Crippen molar-refractivity contribution in [1.29, 1.82) is 0 Å². The number of esters is 1. The predicted molar refractivity (Wildman–Crippen MR) is 94.0 cm³/mol. The molecular formula is C20H23NO4. The van der Waals surface area contributed by atoms with Crippen LogP contribution in [0.3, 0.4) is 0 Å². The molecule has 1 aliphatic carbocycles. The van der Waals surface area contributed by atoms with Gasteiger partial charge in [0.15, 0.2) is 0 Å². The summed E-state index contributed by atoms with van der Waals surface area (Å²) in [7, 11) is 1.60. The number of hydrogen-bond donors (Lipinski definition) is 1. The number of carbonyl (C=O) groups excluding carboxylic acids is 2. The van der Waals surface area contributed by atoms with Gasteiger partial charge in [-0.2, -0.15) is 0 Å². The molecule has 2 atom stereocenters. The monoisotopic (exact) mass is 341 g/mol. The van der Waals surface area contributed by atoms with Crippen LogP contribution >= 0.6 is 0 Å². The van der Waals surface area contributed by atoms with E-state index in [-0.39, 0.29) is 23.6 Å². The lowest BCUT2D eigenvalue weighted by molar-refractivity contribution is -0.139. The summed E-state index contributed by atoms with van der Waals surface area (Å²) in [6, 6.07) is 7.56. The van der Waals surface area contributed by atoms with Crippen molar-refractivity contribution in [3.05, 3.63) is 52.9 Å². The normalized spacial score (nSPS) is 22.7. The molecule has 1 N–H and O–H groups in total. The minimum Gasteiger partial charge on any atom is -0.497 e. The maximum atomic E-state index is 12.7. The highest BCUT2D eigenvalue weighted by molar-refractivity contribution is 5.96. The Morgan fingerprint density at radius 2 is 2.12 bits per heavy atom. The van der Waals surface area contributed by atoms with Gasteiger partial charge in [-0.15, -0.1) is 0 Å². The quantitative estimate of drug-likeness (QED) is 0.853. The number of carbonyl (C=O) groups is 2. The molecule has 1 heterocycles. The van der Waals surface area contributed by atoms with E-state index < -0.39 is 0 Å². The zero-order valence-corrected chi connectivity index (χ0v) is 14.8. The summed E-state index contributed by atoms with van der Waals surface area (Å²) in [4.78, 5) is 25.4. The number of methoxy groups -OCH3 is 1. The van der Waals surface area contributed by atoms with Gasteiger partial charge in [0.1, 0.15) is 11.5 Å². The molecule has 0 saturated carbocycles. The summed E-state index contributed by atoms with van der Waals surface area (Å²) in [6.45, 7) is 3.93. The van der Waals surface area contributed by atoms with Gasteiger partial charge in [0, 0.05) is 23.7 Å². The number of benzene rings is 1. The summed E-state index contributed by atoms with van der Waals surface area (Å²) in [6.07, 6.45) is 3.28. The summed E-state index contributed by atoms with van der Waals surface area (Å²) >= 11 is 0. The van der Waals surface area contributed by atoms with E-state index in [2.05, 4.69) is 11.4 Å². The van der Waals surface area contributed by atoms with Gasteiger partial charge in [-0.1, -0.05) is 18.2 Å². The average Bonchev–Trinajstić information content (AvgIpc) is 2.61. The van der Waals surface area contributed by atoms with E-state index in [4.69, 9.17) is 9.47 Å². The molecule has 0 radical (unpaired) electrons. The summed E-state index contributed by atoms with van der Waals surface area (Å²) < 4.78 is 10.6. The van der Waals surface area contributed by atoms with Crippen LogP contribution in [0, 0.1) is 5.92 Å². The number of hydrogen-bond acceptors (Lipinski definition) is 5. The maximum Gasteiger partial charge on any atom is 0.336 e. The van der Waals surface area contributed by atoms with E-state index in [0.29, 0.717) is 24.4 Å². The molecule has 0 spiro atoms. The minimum atomic E-state index is -0.385. The molecule has 0 fully saturated rings. The lowest BCUT2D eigenvalue weighted by Crippen LogP contribution is -2.40. The largest absolute Gasteiger partial charge is 0.497 e. The number of Topliss-reactive ketones (excluding diaryl/α,β-unsaturated/α-hetero) is 1. The fourth-order valence-electron chi connectivity index (χ4n) is 3.69. The van der Waals surface area contributed by atoms with Crippen LogP contribution in [0.15, 0.2) is 47.3 Å². The Morgan fingerprint density at radius 3 is 2.84 bits per heavy atom. The molecule has 2 aliphatic rings. The molecule has 5 heteroatoms. The second-order valence-electron chi connectivity index (χ2n) is 6.28. The van der Waals surface area contributed by atoms with E-state index in [9.17, 15) is 9.59 Å². The SMILES string of the molecule is CCOC(=O)C1=C(C)NC2=CCCC(=O)C2C1c1cccc(OC)c1. The molecule has 2 unspecified atom stereocenters. The van der Waals surface area contributed by atoms with Crippen LogP contribution in [0.2, 0.25) is 0 Å². The van der Waals surface area contributed by atoms with Crippen LogP contribution in [-0.4, -0.2) is 25.5 Å². The van der Waals surface area contributed by atoms with Gasteiger partial charge < -0.3 is 14.8 Å². The van der Waals surface area contributed by atoms with Gasteiger partial charge in [-0.25, -0.2) is 4.79 Å². The van der Waals surface area contributed by atoms with Crippen molar-refractivity contribution in [2.45, 2.75) is 32.6 Å². The number of allylic oxidation sites excluding steroid dienone is 3. The Labute approximate surface area is 147 Å². The molecule has 25 heavy (non-hydrogen) atoms. The molecule has 0 saturated heterocycles. The average molecular weight is 341 g/mol. The summed E-state index contributed by atoms with van der Waals surface area (Å²) in [5.74, 6) is -0.283. The van der Waals surface area contributed by atoms with E-state index in [1.165, 1.54) is 0 Å². The van der Waals surface area contributed by atoms with E-state index in [0.717, 1.165) is 23.4 Å². The molecule has 132 valence electrons. The molecule has 1 aromatic rings. The molecule has 1 aliphatic heterocycles. The smallest absolute Gasteiger partial charge is 0.336 e. The van der Waals surface area contributed by atoms with Crippen molar-refractivity contribution >= 4 is 11.8 Å². The van der Waals surface area contributed by atoms with Crippen molar-refractivity contribution in [2.75, 3.05) is 13.7 Å². The van der Waals surface area contributed by atoms with E-state index >= 15 is 0 Å². The third-order valence-electron chi connectivity index (χ3n) is 4.77. The lowest BCUT2D eigenvalue weighted by Gasteiger charge is -2.38. The Kier molecular flexibility index (Phi) is 4.93. The van der Waals surface area contributed by atoms with Gasteiger partial charge in [0.2, 0.25) is 0 Å². The number of fused-ring (bicyclic) bond motifs is 1. The van der Waals surface area contributed by atoms with Crippen LogP contribution in [-0.2, 0) is 14.3 Å². The van der Waals surface area contributed by atoms with Crippen molar-refractivity contribution in [1.82, 2.24) is 5.32 Å². The fraction of sp³-hybridized carbons (Fsp3) is 0.400. The van der Waals surface area contributed by atoms with Crippen molar-refractivity contribution in [3.8, 4) is 5.75 Å². The molecule has 3 rings (SSSR count). The van der Waals surface area contributed by atoms with E-state index in [1.807, 2.05) is 31.2 Å². The number of nitrogens with one attached hydrogen (secondary N) is 1. The van der Waals surface area contributed by atoms with Gasteiger partial charge in [0.25, 0.3) is 0 Å². The van der Waals surface area contributed by atoms with Crippen molar-refractivity contribution in [3.63, 3.8) is 0 Å². The first-order valence-electron chi connectivity index (χ1n) is 8.58. The zero-order chi connectivity index (χ0) is 18.0. The first-order chi connectivity index (χ1) is 12.1. The van der Waals surface area contributed by atoms with E-state index in [1.54, 1.807) is 14.0 Å². The van der Waals surface area contributed by atoms with Crippen LogP contribution < -0.4 is 10.1 Å². The first kappa shape index (κ1) is 17.3. The third-order valence-corrected chi connectivity index (χ3v) is 4.77. The highest BCUT2D eigenvalue weighted by atomic mass is 16.5. The molecule has 0 bridgehead atoms. The second kappa shape index (κ2) is 7.13. The van der Waals surface area contributed by atoms with Gasteiger partial charge >= 0.3 is 5.97 Å². The predicted octanol–water partition coefficient (Wildman–Crippen LogP) is 3.08. The Balaban J connectivity index is 2.16. The molecule has 0 aromatic heterocycles. The van der Waals surface area contributed by atoms with Gasteiger partial charge in [-0.3, -0.25) is 4.79 Å². The molecule has 0 amide bonds. The third kappa shape index (κ3) is 3.18. The highest BCUT2D eigenvalue weighted by Gasteiger charge is 2.43. The van der Waals surface area contributed by atoms with Crippen LogP contribution in [0.1, 0.15) is 38.2 Å². The minimum absolute atomic E-state index is 0.145. The topological polar surface area (TPSA) is 64.6 Å². The standard InChI is InChI=1S/C20H23NO4/c1-4-25-20(23)17-12(2)21-15-9-6-10-16(22)19(15)18(17)13-7-5-8-14(11-13)24-3/h5,7-9,11,18-19,21H,4,6,10H2,1-3H3. The number of ketones is 1. The number of rotatable bonds is 4. The summed E-state index contributed by atoms with van der Waals surface area (Å²) in [5.41, 5.74) is 3.03. The van der Waals surface area contributed by atoms with Gasteiger partial charge in [-0.05, 0) is 38.0 Å². The Morgan fingerprint density at radius 1 is 1.32 bits per heavy atom. The summed E-state index contributed by atoms with van der Waals surface area (Å²) in [5, 5.41) is 3.25. The maximum absolute atomic E-state index is 12.7. The van der Waals surface area contributed by atoms with Crippen LogP contribution in [0.25, 0.3) is 0 Å². The second-order valence-corrected chi connectivity index (χ2v) is 6.28. The Hall–Kier alpha value is -2.56. The van der Waals surface area contributed by atoms with Crippen LogP contribution in [0.4, 0.5) is 0 Å². The first-order valence-corrected chi connectivity index (χ1v) is 8.58. The fourth-order valence-corrected chi connectivity index (χ4v) is 3.69. The highest BCUT2D eigenvalue weighted by Crippen LogP contribution is 2.44. The zero-order valence-electron chi connectivity index (χ0n) is 14.8. The Bertz CT molecular complexity index is 763. The molecule has 1 aromatic carbocycles. The van der Waals surface area contributed by atoms with Gasteiger partial charge in [0.05, 0.1) is 25.2 Å². The van der Waals surface area contributed by atoms with Crippen molar-refractivity contribution in [2.24, 2.45) is 5.92 Å².